The van der Waals surface area contributed by atoms with Gasteiger partial charge in [-0.1, -0.05) is 6.07 Å². The summed E-state index contributed by atoms with van der Waals surface area (Å²) < 4.78 is 5.96. The number of aromatic carboxylic acids is 1. The number of carboxylic acids is 1. The van der Waals surface area contributed by atoms with Gasteiger partial charge in [-0.2, -0.15) is 0 Å². The Balaban J connectivity index is 1.78. The molecule has 2 atom stereocenters. The molecule has 2 aromatic heterocycles. The SMILES string of the molecule is Cc1c(C2CC2c2ccccn2)oc2ccc(C(=O)O)cc2c1=O. The first kappa shape index (κ1) is 14.6. The van der Waals surface area contributed by atoms with E-state index in [1.165, 1.54) is 12.1 Å². The molecule has 0 saturated heterocycles. The summed E-state index contributed by atoms with van der Waals surface area (Å²) in [6.07, 6.45) is 2.67. The molecule has 0 radical (unpaired) electrons. The summed E-state index contributed by atoms with van der Waals surface area (Å²) in [6.45, 7) is 1.74. The predicted octanol–water partition coefficient (Wildman–Crippen LogP) is 3.47. The normalized spacial score (nSPS) is 19.4. The molecule has 0 spiro atoms. The van der Waals surface area contributed by atoms with Gasteiger partial charge in [0.2, 0.25) is 0 Å². The lowest BCUT2D eigenvalue weighted by molar-refractivity contribution is 0.0697. The molecule has 1 aliphatic rings. The van der Waals surface area contributed by atoms with Crippen molar-refractivity contribution in [1.82, 2.24) is 4.98 Å². The Morgan fingerprint density at radius 2 is 2.08 bits per heavy atom. The quantitative estimate of drug-likeness (QED) is 0.799. The number of aromatic nitrogens is 1. The van der Waals surface area contributed by atoms with Crippen LogP contribution in [0.15, 0.2) is 51.8 Å². The Bertz CT molecular complexity index is 1010. The molecule has 0 aliphatic heterocycles. The van der Waals surface area contributed by atoms with Gasteiger partial charge in [-0.25, -0.2) is 4.79 Å². The summed E-state index contributed by atoms with van der Waals surface area (Å²) in [7, 11) is 0. The van der Waals surface area contributed by atoms with Gasteiger partial charge < -0.3 is 9.52 Å². The Kier molecular flexibility index (Phi) is 3.23. The Morgan fingerprint density at radius 3 is 2.79 bits per heavy atom. The van der Waals surface area contributed by atoms with Crippen molar-refractivity contribution in [1.29, 1.82) is 0 Å². The number of pyridine rings is 1. The minimum Gasteiger partial charge on any atom is -0.478 e. The Labute approximate surface area is 137 Å². The van der Waals surface area contributed by atoms with Gasteiger partial charge in [-0.3, -0.25) is 9.78 Å². The lowest BCUT2D eigenvalue weighted by atomic mass is 10.1. The van der Waals surface area contributed by atoms with Crippen molar-refractivity contribution in [3.8, 4) is 0 Å². The lowest BCUT2D eigenvalue weighted by Gasteiger charge is -2.07. The number of carboxylic acid groups (broad SMARTS) is 1. The molecule has 5 heteroatoms. The van der Waals surface area contributed by atoms with Crippen LogP contribution in [0.2, 0.25) is 0 Å². The number of rotatable bonds is 3. The molecule has 1 saturated carbocycles. The summed E-state index contributed by atoms with van der Waals surface area (Å²) in [5, 5.41) is 9.39. The standard InChI is InChI=1S/C19H15NO4/c1-10-17(21)14-8-11(19(22)23)5-6-16(14)24-18(10)13-9-12(13)15-4-2-3-7-20-15/h2-8,12-13H,9H2,1H3,(H,22,23). The predicted molar refractivity (Wildman–Crippen MR) is 88.5 cm³/mol. The number of hydrogen-bond acceptors (Lipinski definition) is 4. The highest BCUT2D eigenvalue weighted by atomic mass is 16.4. The van der Waals surface area contributed by atoms with Gasteiger partial charge in [0.05, 0.1) is 10.9 Å². The third kappa shape index (κ3) is 2.29. The van der Waals surface area contributed by atoms with Gasteiger partial charge in [-0.15, -0.1) is 0 Å². The Morgan fingerprint density at radius 1 is 1.25 bits per heavy atom. The monoisotopic (exact) mass is 321 g/mol. The molecule has 1 N–H and O–H groups in total. The van der Waals surface area contributed by atoms with E-state index in [0.717, 1.165) is 12.1 Å². The van der Waals surface area contributed by atoms with Crippen molar-refractivity contribution in [2.75, 3.05) is 0 Å². The van der Waals surface area contributed by atoms with E-state index in [-0.39, 0.29) is 22.8 Å². The van der Waals surface area contributed by atoms with Gasteiger partial charge in [0.15, 0.2) is 5.43 Å². The summed E-state index contributed by atoms with van der Waals surface area (Å²) in [5.74, 6) is 0.0432. The maximum Gasteiger partial charge on any atom is 0.335 e. The average molecular weight is 321 g/mol. The van der Waals surface area contributed by atoms with E-state index in [2.05, 4.69) is 4.98 Å². The molecular formula is C19H15NO4. The third-order valence-corrected chi connectivity index (χ3v) is 4.60. The second kappa shape index (κ2) is 5.30. The number of hydrogen-bond donors (Lipinski definition) is 1. The van der Waals surface area contributed by atoms with E-state index < -0.39 is 5.97 Å². The smallest absolute Gasteiger partial charge is 0.335 e. The zero-order valence-electron chi connectivity index (χ0n) is 13.0. The van der Waals surface area contributed by atoms with E-state index in [1.54, 1.807) is 19.2 Å². The fourth-order valence-electron chi connectivity index (χ4n) is 3.20. The zero-order chi connectivity index (χ0) is 16.8. The molecule has 2 heterocycles. The highest BCUT2D eigenvalue weighted by Gasteiger charge is 2.43. The average Bonchev–Trinajstić information content (AvgIpc) is 3.39. The van der Waals surface area contributed by atoms with Gasteiger partial charge in [0, 0.05) is 29.3 Å². The van der Waals surface area contributed by atoms with Gasteiger partial charge in [0.25, 0.3) is 0 Å². The first-order chi connectivity index (χ1) is 11.6. The van der Waals surface area contributed by atoms with Crippen molar-refractivity contribution in [3.63, 3.8) is 0 Å². The number of carbonyl (C=O) groups is 1. The van der Waals surface area contributed by atoms with Crippen LogP contribution in [-0.4, -0.2) is 16.1 Å². The minimum absolute atomic E-state index is 0.0831. The maximum absolute atomic E-state index is 12.6. The van der Waals surface area contributed by atoms with Gasteiger partial charge >= 0.3 is 5.97 Å². The molecule has 120 valence electrons. The molecule has 1 aliphatic carbocycles. The second-order valence-corrected chi connectivity index (χ2v) is 6.14. The van der Waals surface area contributed by atoms with Crippen LogP contribution in [0.5, 0.6) is 0 Å². The molecular weight excluding hydrogens is 306 g/mol. The van der Waals surface area contributed by atoms with E-state index in [0.29, 0.717) is 22.3 Å². The molecule has 5 nitrogen and oxygen atoms in total. The van der Waals surface area contributed by atoms with E-state index in [9.17, 15) is 9.59 Å². The summed E-state index contributed by atoms with van der Waals surface area (Å²) >= 11 is 0. The number of nitrogens with zero attached hydrogens (tertiary/aromatic N) is 1. The lowest BCUT2D eigenvalue weighted by Crippen LogP contribution is -2.10. The van der Waals surface area contributed by atoms with Gasteiger partial charge in [-0.05, 0) is 43.7 Å². The van der Waals surface area contributed by atoms with Crippen molar-refractivity contribution >= 4 is 16.9 Å². The van der Waals surface area contributed by atoms with Crippen LogP contribution >= 0.6 is 0 Å². The Hall–Kier alpha value is -2.95. The number of fused-ring (bicyclic) bond motifs is 1. The second-order valence-electron chi connectivity index (χ2n) is 6.14. The van der Waals surface area contributed by atoms with E-state index in [1.807, 2.05) is 18.2 Å². The third-order valence-electron chi connectivity index (χ3n) is 4.60. The molecule has 1 aromatic carbocycles. The van der Waals surface area contributed by atoms with Crippen LogP contribution in [0.4, 0.5) is 0 Å². The van der Waals surface area contributed by atoms with Crippen molar-refractivity contribution in [2.45, 2.75) is 25.2 Å². The number of benzene rings is 1. The van der Waals surface area contributed by atoms with Crippen LogP contribution < -0.4 is 5.43 Å². The van der Waals surface area contributed by atoms with Gasteiger partial charge in [0.1, 0.15) is 11.3 Å². The van der Waals surface area contributed by atoms with Crippen LogP contribution in [0.1, 0.15) is 45.6 Å². The summed E-state index contributed by atoms with van der Waals surface area (Å²) in [6, 6.07) is 10.2. The van der Waals surface area contributed by atoms with Crippen LogP contribution in [0, 0.1) is 6.92 Å². The molecule has 24 heavy (non-hydrogen) atoms. The fourth-order valence-corrected chi connectivity index (χ4v) is 3.20. The van der Waals surface area contributed by atoms with Crippen molar-refractivity contribution < 1.29 is 14.3 Å². The minimum atomic E-state index is -1.06. The first-order valence-electron chi connectivity index (χ1n) is 7.78. The van der Waals surface area contributed by atoms with Crippen molar-refractivity contribution in [2.24, 2.45) is 0 Å². The highest BCUT2D eigenvalue weighted by Crippen LogP contribution is 2.54. The van der Waals surface area contributed by atoms with Crippen LogP contribution in [0.3, 0.4) is 0 Å². The highest BCUT2D eigenvalue weighted by molar-refractivity contribution is 5.92. The molecule has 1 fully saturated rings. The molecule has 0 bridgehead atoms. The molecule has 2 unspecified atom stereocenters. The largest absolute Gasteiger partial charge is 0.478 e. The molecule has 3 aromatic rings. The van der Waals surface area contributed by atoms with Crippen LogP contribution in [-0.2, 0) is 0 Å². The van der Waals surface area contributed by atoms with E-state index >= 15 is 0 Å². The van der Waals surface area contributed by atoms with Crippen molar-refractivity contribution in [3.05, 3.63) is 75.4 Å². The first-order valence-corrected chi connectivity index (χ1v) is 7.78. The fraction of sp³-hybridized carbons (Fsp3) is 0.211. The topological polar surface area (TPSA) is 80.4 Å². The molecule has 4 rings (SSSR count). The molecule has 0 amide bonds. The van der Waals surface area contributed by atoms with E-state index in [4.69, 9.17) is 9.52 Å². The maximum atomic E-state index is 12.6. The summed E-state index contributed by atoms with van der Waals surface area (Å²) in [4.78, 5) is 28.1. The van der Waals surface area contributed by atoms with Crippen LogP contribution in [0.25, 0.3) is 11.0 Å². The summed E-state index contributed by atoms with van der Waals surface area (Å²) in [5.41, 5.74) is 1.90. The zero-order valence-corrected chi connectivity index (χ0v) is 13.0.